The van der Waals surface area contributed by atoms with Crippen LogP contribution in [-0.4, -0.2) is 30.3 Å². The Morgan fingerprint density at radius 2 is 1.80 bits per heavy atom. The molecule has 2 fully saturated rings. The van der Waals surface area contributed by atoms with Crippen molar-refractivity contribution in [1.82, 2.24) is 10.2 Å². The van der Waals surface area contributed by atoms with Gasteiger partial charge >= 0.3 is 0 Å². The van der Waals surface area contributed by atoms with Crippen LogP contribution < -0.4 is 5.32 Å². The summed E-state index contributed by atoms with van der Waals surface area (Å²) in [7, 11) is 0. The molecule has 25 heavy (non-hydrogen) atoms. The standard InChI is InChI=1S/C22H26N2O/c1-17(25)22-12-13-24(14-18-8-4-2-5-9-18)15-20(22)21(23-16-22)19-10-6-3-7-11-19/h2-11,20-21,23H,12-16H2,1H3/t20?,21-,22+/m0/s1. The molecular formula is C22H26N2O. The Morgan fingerprint density at radius 1 is 1.12 bits per heavy atom. The Hall–Kier alpha value is -1.97. The number of nitrogens with one attached hydrogen (secondary N) is 1. The average molecular weight is 334 g/mol. The van der Waals surface area contributed by atoms with Crippen molar-refractivity contribution >= 4 is 5.78 Å². The van der Waals surface area contributed by atoms with E-state index in [4.69, 9.17) is 0 Å². The van der Waals surface area contributed by atoms with Crippen LogP contribution in [0.25, 0.3) is 0 Å². The number of benzene rings is 2. The average Bonchev–Trinajstić information content (AvgIpc) is 3.04. The quantitative estimate of drug-likeness (QED) is 0.930. The van der Waals surface area contributed by atoms with Gasteiger partial charge < -0.3 is 5.32 Å². The molecule has 2 saturated heterocycles. The zero-order valence-electron chi connectivity index (χ0n) is 14.8. The molecule has 0 radical (unpaired) electrons. The van der Waals surface area contributed by atoms with Gasteiger partial charge in [-0.25, -0.2) is 0 Å². The van der Waals surface area contributed by atoms with E-state index in [-0.39, 0.29) is 11.5 Å². The van der Waals surface area contributed by atoms with Crippen LogP contribution in [0.4, 0.5) is 0 Å². The number of rotatable bonds is 4. The van der Waals surface area contributed by atoms with Crippen molar-refractivity contribution in [3.05, 3.63) is 71.8 Å². The van der Waals surface area contributed by atoms with E-state index in [1.807, 2.05) is 0 Å². The number of hydrogen-bond acceptors (Lipinski definition) is 3. The van der Waals surface area contributed by atoms with E-state index in [1.54, 1.807) is 6.92 Å². The fourth-order valence-corrected chi connectivity index (χ4v) is 4.72. The van der Waals surface area contributed by atoms with Crippen LogP contribution >= 0.6 is 0 Å². The predicted molar refractivity (Wildman–Crippen MR) is 100 cm³/mol. The van der Waals surface area contributed by atoms with Gasteiger partial charge in [-0.3, -0.25) is 9.69 Å². The summed E-state index contributed by atoms with van der Waals surface area (Å²) >= 11 is 0. The normalized spacial score (nSPS) is 29.3. The van der Waals surface area contributed by atoms with Crippen LogP contribution in [0.1, 0.15) is 30.5 Å². The number of carbonyl (C=O) groups excluding carboxylic acids is 1. The van der Waals surface area contributed by atoms with Crippen LogP contribution in [0, 0.1) is 11.3 Å². The SMILES string of the molecule is CC(=O)[C@]12CCN(Cc3ccccc3)CC1[C@H](c1ccccc1)NC2. The van der Waals surface area contributed by atoms with E-state index >= 15 is 0 Å². The van der Waals surface area contributed by atoms with Crippen LogP contribution in [0.15, 0.2) is 60.7 Å². The van der Waals surface area contributed by atoms with Gasteiger partial charge in [0, 0.05) is 37.0 Å². The predicted octanol–water partition coefficient (Wildman–Crippen LogP) is 3.43. The molecule has 2 aromatic carbocycles. The molecule has 3 heteroatoms. The molecule has 0 bridgehead atoms. The lowest BCUT2D eigenvalue weighted by molar-refractivity contribution is -0.131. The molecule has 3 atom stereocenters. The highest BCUT2D eigenvalue weighted by atomic mass is 16.1. The second-order valence-electron chi connectivity index (χ2n) is 7.56. The first-order valence-electron chi connectivity index (χ1n) is 9.25. The maximum atomic E-state index is 12.6. The zero-order chi connectivity index (χ0) is 17.3. The van der Waals surface area contributed by atoms with Crippen molar-refractivity contribution in [2.45, 2.75) is 25.9 Å². The molecule has 2 aliphatic heterocycles. The Morgan fingerprint density at radius 3 is 2.48 bits per heavy atom. The van der Waals surface area contributed by atoms with E-state index in [0.29, 0.717) is 11.7 Å². The number of likely N-dealkylation sites (tertiary alicyclic amines) is 1. The van der Waals surface area contributed by atoms with E-state index in [1.165, 1.54) is 11.1 Å². The molecule has 3 nitrogen and oxygen atoms in total. The highest BCUT2D eigenvalue weighted by molar-refractivity contribution is 5.84. The number of nitrogens with zero attached hydrogens (tertiary/aromatic N) is 1. The number of piperidine rings is 1. The lowest BCUT2D eigenvalue weighted by atomic mass is 9.67. The van der Waals surface area contributed by atoms with E-state index in [9.17, 15) is 4.79 Å². The summed E-state index contributed by atoms with van der Waals surface area (Å²) < 4.78 is 0. The van der Waals surface area contributed by atoms with Crippen LogP contribution in [0.5, 0.6) is 0 Å². The van der Waals surface area contributed by atoms with Gasteiger partial charge in [0.25, 0.3) is 0 Å². The number of carbonyl (C=O) groups is 1. The summed E-state index contributed by atoms with van der Waals surface area (Å²) in [6, 6.07) is 21.5. The molecular weight excluding hydrogens is 308 g/mol. The summed E-state index contributed by atoms with van der Waals surface area (Å²) in [6.45, 7) is 5.53. The lowest BCUT2D eigenvalue weighted by Gasteiger charge is -2.43. The molecule has 0 spiro atoms. The second kappa shape index (κ2) is 6.74. The first-order valence-corrected chi connectivity index (χ1v) is 9.25. The zero-order valence-corrected chi connectivity index (χ0v) is 14.8. The van der Waals surface area contributed by atoms with Gasteiger partial charge in [0.15, 0.2) is 0 Å². The van der Waals surface area contributed by atoms with Crippen molar-refractivity contribution in [3.63, 3.8) is 0 Å². The second-order valence-corrected chi connectivity index (χ2v) is 7.56. The summed E-state index contributed by atoms with van der Waals surface area (Å²) in [4.78, 5) is 15.1. The molecule has 2 aromatic rings. The minimum absolute atomic E-state index is 0.201. The summed E-state index contributed by atoms with van der Waals surface area (Å²) in [5, 5.41) is 3.67. The maximum absolute atomic E-state index is 12.6. The topological polar surface area (TPSA) is 32.3 Å². The summed E-state index contributed by atoms with van der Waals surface area (Å²) in [5.41, 5.74) is 2.45. The van der Waals surface area contributed by atoms with E-state index in [0.717, 1.165) is 32.6 Å². The third-order valence-corrected chi connectivity index (χ3v) is 6.19. The van der Waals surface area contributed by atoms with Gasteiger partial charge in [0.1, 0.15) is 5.78 Å². The minimum atomic E-state index is -0.201. The monoisotopic (exact) mass is 334 g/mol. The lowest BCUT2D eigenvalue weighted by Crippen LogP contribution is -2.50. The Bertz CT molecular complexity index is 730. The first-order chi connectivity index (χ1) is 12.2. The van der Waals surface area contributed by atoms with Crippen LogP contribution in [-0.2, 0) is 11.3 Å². The van der Waals surface area contributed by atoms with Gasteiger partial charge in [-0.1, -0.05) is 60.7 Å². The number of hydrogen-bond donors (Lipinski definition) is 1. The van der Waals surface area contributed by atoms with Gasteiger partial charge in [0.2, 0.25) is 0 Å². The summed E-state index contributed by atoms with van der Waals surface area (Å²) in [6.07, 6.45) is 0.955. The van der Waals surface area contributed by atoms with E-state index in [2.05, 4.69) is 70.9 Å². The van der Waals surface area contributed by atoms with Gasteiger partial charge in [-0.15, -0.1) is 0 Å². The van der Waals surface area contributed by atoms with Crippen molar-refractivity contribution in [3.8, 4) is 0 Å². The van der Waals surface area contributed by atoms with Gasteiger partial charge in [-0.2, -0.15) is 0 Å². The molecule has 1 unspecified atom stereocenters. The van der Waals surface area contributed by atoms with Gasteiger partial charge in [-0.05, 0) is 31.0 Å². The minimum Gasteiger partial charge on any atom is -0.309 e. The number of fused-ring (bicyclic) bond motifs is 1. The van der Waals surface area contributed by atoms with Crippen molar-refractivity contribution in [1.29, 1.82) is 0 Å². The van der Waals surface area contributed by atoms with Crippen LogP contribution in [0.2, 0.25) is 0 Å². The van der Waals surface area contributed by atoms with Crippen molar-refractivity contribution in [2.75, 3.05) is 19.6 Å². The van der Waals surface area contributed by atoms with Crippen LogP contribution in [0.3, 0.4) is 0 Å². The van der Waals surface area contributed by atoms with Crippen molar-refractivity contribution in [2.24, 2.45) is 11.3 Å². The smallest absolute Gasteiger partial charge is 0.137 e. The molecule has 130 valence electrons. The molecule has 0 aromatic heterocycles. The molecule has 2 heterocycles. The molecule has 0 saturated carbocycles. The van der Waals surface area contributed by atoms with E-state index < -0.39 is 0 Å². The third kappa shape index (κ3) is 3.03. The maximum Gasteiger partial charge on any atom is 0.137 e. The molecule has 0 aliphatic carbocycles. The van der Waals surface area contributed by atoms with Gasteiger partial charge in [0.05, 0.1) is 0 Å². The molecule has 4 rings (SSSR count). The first kappa shape index (κ1) is 16.5. The Labute approximate surface area is 150 Å². The Balaban J connectivity index is 1.59. The Kier molecular flexibility index (Phi) is 4.45. The summed E-state index contributed by atoms with van der Waals surface area (Å²) in [5.74, 6) is 0.688. The molecule has 0 amide bonds. The third-order valence-electron chi connectivity index (χ3n) is 6.19. The molecule has 2 aliphatic rings. The molecule has 1 N–H and O–H groups in total. The highest BCUT2D eigenvalue weighted by Crippen LogP contribution is 2.48. The number of Topliss-reactive ketones (excluding diaryl/α,β-unsaturated/α-hetero) is 1. The largest absolute Gasteiger partial charge is 0.309 e. The fourth-order valence-electron chi connectivity index (χ4n) is 4.72. The van der Waals surface area contributed by atoms with Crippen molar-refractivity contribution < 1.29 is 4.79 Å². The fraction of sp³-hybridized carbons (Fsp3) is 0.409. The highest BCUT2D eigenvalue weighted by Gasteiger charge is 2.54. The number of ketones is 1.